The molecule has 1 unspecified atom stereocenters. The summed E-state index contributed by atoms with van der Waals surface area (Å²) >= 11 is 0. The number of piperidine rings is 1. The Balaban J connectivity index is 1.35. The lowest BCUT2D eigenvalue weighted by molar-refractivity contribution is -0.0716. The molecular formula is C18H25N3O5S. The number of fused-ring (bicyclic) bond motifs is 1. The molecule has 27 heavy (non-hydrogen) atoms. The van der Waals surface area contributed by atoms with E-state index in [4.69, 9.17) is 9.47 Å². The standard InChI is InChI=1S/C18H25N3O5S/c1-27(23,24)21-10-4-5-14(12-21)20-17(22)19-13-6-7-15-16(11-13)26-18(25-15)8-2-3-9-18/h6-7,11,14H,2-5,8-10,12H2,1H3,(H2,19,20,22). The average molecular weight is 395 g/mol. The third-order valence-corrected chi connectivity index (χ3v) is 6.62. The molecule has 148 valence electrons. The average Bonchev–Trinajstić information content (AvgIpc) is 3.20. The maximum atomic E-state index is 12.3. The molecule has 4 rings (SSSR count). The fourth-order valence-corrected chi connectivity index (χ4v) is 4.91. The van der Waals surface area contributed by atoms with E-state index in [0.29, 0.717) is 30.3 Å². The number of carbonyl (C=O) groups is 1. The van der Waals surface area contributed by atoms with E-state index in [1.54, 1.807) is 12.1 Å². The van der Waals surface area contributed by atoms with Crippen molar-refractivity contribution in [1.29, 1.82) is 0 Å². The van der Waals surface area contributed by atoms with Crippen LogP contribution in [0.15, 0.2) is 18.2 Å². The molecule has 3 aliphatic rings. The summed E-state index contributed by atoms with van der Waals surface area (Å²) in [7, 11) is -3.24. The van der Waals surface area contributed by atoms with Crippen molar-refractivity contribution >= 4 is 21.7 Å². The van der Waals surface area contributed by atoms with Gasteiger partial charge in [0.25, 0.3) is 5.79 Å². The highest BCUT2D eigenvalue weighted by Gasteiger charge is 2.44. The predicted octanol–water partition coefficient (Wildman–Crippen LogP) is 2.27. The van der Waals surface area contributed by atoms with E-state index >= 15 is 0 Å². The lowest BCUT2D eigenvalue weighted by atomic mass is 10.1. The van der Waals surface area contributed by atoms with Crippen molar-refractivity contribution in [3.05, 3.63) is 18.2 Å². The van der Waals surface area contributed by atoms with Crippen LogP contribution >= 0.6 is 0 Å². The van der Waals surface area contributed by atoms with Gasteiger partial charge in [-0.1, -0.05) is 0 Å². The minimum absolute atomic E-state index is 0.204. The molecular weight excluding hydrogens is 370 g/mol. The van der Waals surface area contributed by atoms with Gasteiger partial charge in [-0.15, -0.1) is 0 Å². The van der Waals surface area contributed by atoms with E-state index in [1.165, 1.54) is 10.6 Å². The number of sulfonamides is 1. The maximum Gasteiger partial charge on any atom is 0.319 e. The Morgan fingerprint density at radius 3 is 2.67 bits per heavy atom. The first-order valence-corrected chi connectivity index (χ1v) is 11.2. The van der Waals surface area contributed by atoms with Crippen LogP contribution in [0.4, 0.5) is 10.5 Å². The van der Waals surface area contributed by atoms with Gasteiger partial charge in [-0.2, -0.15) is 0 Å². The maximum absolute atomic E-state index is 12.3. The molecule has 2 aliphatic heterocycles. The van der Waals surface area contributed by atoms with Crippen molar-refractivity contribution in [3.8, 4) is 11.5 Å². The van der Waals surface area contributed by atoms with Crippen molar-refractivity contribution < 1.29 is 22.7 Å². The highest BCUT2D eigenvalue weighted by atomic mass is 32.2. The van der Waals surface area contributed by atoms with Crippen LogP contribution in [0, 0.1) is 0 Å². The Labute approximate surface area is 159 Å². The number of hydrogen-bond acceptors (Lipinski definition) is 5. The molecule has 1 saturated carbocycles. The van der Waals surface area contributed by atoms with Crippen LogP contribution < -0.4 is 20.1 Å². The lowest BCUT2D eigenvalue weighted by Crippen LogP contribution is -2.50. The van der Waals surface area contributed by atoms with Gasteiger partial charge in [-0.3, -0.25) is 0 Å². The first kappa shape index (κ1) is 18.4. The molecule has 1 saturated heterocycles. The van der Waals surface area contributed by atoms with E-state index in [2.05, 4.69) is 10.6 Å². The highest BCUT2D eigenvalue weighted by Crippen LogP contribution is 2.47. The summed E-state index contributed by atoms with van der Waals surface area (Å²) < 4.78 is 36.8. The molecule has 9 heteroatoms. The first-order valence-electron chi connectivity index (χ1n) is 9.38. The largest absolute Gasteiger partial charge is 0.448 e. The van der Waals surface area contributed by atoms with E-state index < -0.39 is 15.8 Å². The van der Waals surface area contributed by atoms with Crippen LogP contribution in [0.2, 0.25) is 0 Å². The van der Waals surface area contributed by atoms with Crippen LogP contribution in [0.5, 0.6) is 11.5 Å². The summed E-state index contributed by atoms with van der Waals surface area (Å²) in [5.41, 5.74) is 0.612. The van der Waals surface area contributed by atoms with E-state index in [-0.39, 0.29) is 12.1 Å². The van der Waals surface area contributed by atoms with Crippen molar-refractivity contribution in [2.24, 2.45) is 0 Å². The van der Waals surface area contributed by atoms with Gasteiger partial charge >= 0.3 is 6.03 Å². The van der Waals surface area contributed by atoms with Crippen LogP contribution in [-0.2, 0) is 10.0 Å². The van der Waals surface area contributed by atoms with E-state index in [1.807, 2.05) is 6.07 Å². The third kappa shape index (κ3) is 3.98. The topological polar surface area (TPSA) is 97.0 Å². The molecule has 1 aliphatic carbocycles. The second kappa shape index (κ2) is 6.87. The van der Waals surface area contributed by atoms with E-state index in [0.717, 1.165) is 38.5 Å². The number of nitrogens with one attached hydrogen (secondary N) is 2. The van der Waals surface area contributed by atoms with Crippen molar-refractivity contribution in [2.45, 2.75) is 50.4 Å². The molecule has 1 aromatic rings. The quantitative estimate of drug-likeness (QED) is 0.818. The molecule has 0 bridgehead atoms. The minimum atomic E-state index is -3.24. The number of anilines is 1. The predicted molar refractivity (Wildman–Crippen MR) is 100 cm³/mol. The van der Waals surface area contributed by atoms with Gasteiger partial charge in [0.1, 0.15) is 0 Å². The Hall–Kier alpha value is -2.00. The van der Waals surface area contributed by atoms with Crippen molar-refractivity contribution in [2.75, 3.05) is 24.7 Å². The van der Waals surface area contributed by atoms with Gasteiger partial charge in [0, 0.05) is 43.7 Å². The van der Waals surface area contributed by atoms with Crippen LogP contribution in [-0.4, -0.2) is 49.9 Å². The lowest BCUT2D eigenvalue weighted by Gasteiger charge is -2.31. The van der Waals surface area contributed by atoms with Gasteiger partial charge in [-0.05, 0) is 37.8 Å². The summed E-state index contributed by atoms with van der Waals surface area (Å²) in [5, 5.41) is 5.66. The summed E-state index contributed by atoms with van der Waals surface area (Å²) in [5.74, 6) is 0.829. The Kier molecular flexibility index (Phi) is 4.67. The molecule has 2 heterocycles. The van der Waals surface area contributed by atoms with Crippen molar-refractivity contribution in [1.82, 2.24) is 9.62 Å². The van der Waals surface area contributed by atoms with Crippen LogP contribution in [0.3, 0.4) is 0 Å². The fraction of sp³-hybridized carbons (Fsp3) is 0.611. The van der Waals surface area contributed by atoms with Gasteiger partial charge in [0.2, 0.25) is 10.0 Å². The SMILES string of the molecule is CS(=O)(=O)N1CCCC(NC(=O)Nc2ccc3c(c2)OC2(CCCC2)O3)C1. The van der Waals surface area contributed by atoms with Gasteiger partial charge < -0.3 is 20.1 Å². The number of amides is 2. The monoisotopic (exact) mass is 395 g/mol. The zero-order chi connectivity index (χ0) is 19.1. The Morgan fingerprint density at radius 2 is 1.93 bits per heavy atom. The summed E-state index contributed by atoms with van der Waals surface area (Å²) in [4.78, 5) is 12.3. The smallest absolute Gasteiger partial charge is 0.319 e. The van der Waals surface area contributed by atoms with E-state index in [9.17, 15) is 13.2 Å². The number of urea groups is 1. The Bertz CT molecular complexity index is 835. The molecule has 1 atom stereocenters. The third-order valence-electron chi connectivity index (χ3n) is 5.35. The molecule has 8 nitrogen and oxygen atoms in total. The summed E-state index contributed by atoms with van der Waals surface area (Å²) in [6.45, 7) is 0.804. The van der Waals surface area contributed by atoms with Crippen LogP contribution in [0.1, 0.15) is 38.5 Å². The zero-order valence-corrected chi connectivity index (χ0v) is 16.2. The normalized spacial score (nSPS) is 24.1. The fourth-order valence-electron chi connectivity index (χ4n) is 4.00. The number of benzene rings is 1. The number of carbonyl (C=O) groups excluding carboxylic acids is 1. The summed E-state index contributed by atoms with van der Waals surface area (Å²) in [6, 6.07) is 4.80. The molecule has 0 aromatic heterocycles. The van der Waals surface area contributed by atoms with Gasteiger partial charge in [0.15, 0.2) is 11.5 Å². The van der Waals surface area contributed by atoms with Gasteiger partial charge in [-0.25, -0.2) is 17.5 Å². The minimum Gasteiger partial charge on any atom is -0.448 e. The molecule has 1 aromatic carbocycles. The number of rotatable bonds is 3. The molecule has 0 radical (unpaired) electrons. The highest BCUT2D eigenvalue weighted by molar-refractivity contribution is 7.88. The zero-order valence-electron chi connectivity index (χ0n) is 15.4. The van der Waals surface area contributed by atoms with Gasteiger partial charge in [0.05, 0.1) is 6.26 Å². The number of hydrogen-bond donors (Lipinski definition) is 2. The molecule has 2 amide bonds. The second-order valence-corrected chi connectivity index (χ2v) is 9.52. The molecule has 2 fully saturated rings. The van der Waals surface area contributed by atoms with Crippen molar-refractivity contribution in [3.63, 3.8) is 0 Å². The van der Waals surface area contributed by atoms with Crippen LogP contribution in [0.25, 0.3) is 0 Å². The molecule has 1 spiro atoms. The molecule has 2 N–H and O–H groups in total. The second-order valence-electron chi connectivity index (χ2n) is 7.54. The Morgan fingerprint density at radius 1 is 1.19 bits per heavy atom. The first-order chi connectivity index (χ1) is 12.8. The summed E-state index contributed by atoms with van der Waals surface area (Å²) in [6.07, 6.45) is 6.61. The number of nitrogens with zero attached hydrogens (tertiary/aromatic N) is 1. The number of ether oxygens (including phenoxy) is 2.